The number of carbonyl (C=O) groups is 2. The largest absolute Gasteiger partial charge is 0.492 e. The fraction of sp³-hybridized carbons (Fsp3) is 0.243. The van der Waals surface area contributed by atoms with Crippen molar-refractivity contribution in [1.82, 2.24) is 9.80 Å². The zero-order valence-electron chi connectivity index (χ0n) is 26.1. The molecule has 0 saturated carbocycles. The summed E-state index contributed by atoms with van der Waals surface area (Å²) in [6.45, 7) is 2.76. The normalized spacial score (nSPS) is 12.7. The van der Waals surface area contributed by atoms with Gasteiger partial charge in [0, 0.05) is 19.2 Å². The Kier molecular flexibility index (Phi) is 10.3. The zero-order chi connectivity index (χ0) is 31.8. The van der Waals surface area contributed by atoms with Crippen LogP contribution in [0.5, 0.6) is 11.5 Å². The molecular formula is C37H38N2O6. The average Bonchev–Trinajstić information content (AvgIpc) is 3.39. The topological polar surface area (TPSA) is 77.5 Å². The first-order valence-corrected chi connectivity index (χ1v) is 14.9. The van der Waals surface area contributed by atoms with Gasteiger partial charge >= 0.3 is 11.9 Å². The predicted molar refractivity (Wildman–Crippen MR) is 176 cm³/mol. The van der Waals surface area contributed by atoms with Gasteiger partial charge in [0.1, 0.15) is 24.7 Å². The Hall–Kier alpha value is -4.92. The molecule has 0 aromatic heterocycles. The monoisotopic (exact) mass is 606 g/mol. The average molecular weight is 607 g/mol. The van der Waals surface area contributed by atoms with E-state index in [1.807, 2.05) is 112 Å². The van der Waals surface area contributed by atoms with Gasteiger partial charge in [-0.25, -0.2) is 19.4 Å². The van der Waals surface area contributed by atoms with Gasteiger partial charge in [-0.15, -0.1) is 0 Å². The molecule has 232 valence electrons. The molecule has 0 amide bonds. The maximum atomic E-state index is 13.6. The number of fused-ring (bicyclic) bond motifs is 3. The van der Waals surface area contributed by atoms with Crippen molar-refractivity contribution in [3.8, 4) is 22.6 Å². The Bertz CT molecular complexity index is 1660. The minimum atomic E-state index is -0.801. The van der Waals surface area contributed by atoms with E-state index in [-0.39, 0.29) is 0 Å². The Morgan fingerprint density at radius 2 is 1.27 bits per heavy atom. The highest BCUT2D eigenvalue weighted by Crippen LogP contribution is 2.38. The van der Waals surface area contributed by atoms with E-state index in [1.54, 1.807) is 6.08 Å². The summed E-state index contributed by atoms with van der Waals surface area (Å²) in [6.07, 6.45) is 3.31. The molecule has 0 N–H and O–H groups in total. The van der Waals surface area contributed by atoms with Gasteiger partial charge in [0.25, 0.3) is 0 Å². The minimum Gasteiger partial charge on any atom is -0.492 e. The summed E-state index contributed by atoms with van der Waals surface area (Å²) in [6, 6.07) is 27.1. The van der Waals surface area contributed by atoms with Crippen molar-refractivity contribution in [3.63, 3.8) is 0 Å². The highest BCUT2D eigenvalue weighted by Gasteiger charge is 2.27. The van der Waals surface area contributed by atoms with Crippen LogP contribution in [-0.4, -0.2) is 76.2 Å². The van der Waals surface area contributed by atoms with Crippen LogP contribution in [0.25, 0.3) is 28.3 Å². The second-order valence-electron chi connectivity index (χ2n) is 11.4. The van der Waals surface area contributed by atoms with Crippen molar-refractivity contribution < 1.29 is 28.8 Å². The second-order valence-corrected chi connectivity index (χ2v) is 11.4. The summed E-state index contributed by atoms with van der Waals surface area (Å²) in [5.74, 6) is -0.0559. The van der Waals surface area contributed by atoms with E-state index >= 15 is 0 Å². The van der Waals surface area contributed by atoms with Gasteiger partial charge < -0.3 is 19.3 Å². The summed E-state index contributed by atoms with van der Waals surface area (Å²) in [7, 11) is 7.97. The third-order valence-electron chi connectivity index (χ3n) is 7.36. The lowest BCUT2D eigenvalue weighted by molar-refractivity contribution is -0.249. The van der Waals surface area contributed by atoms with Crippen LogP contribution in [-0.2, 0) is 25.8 Å². The molecule has 0 aliphatic heterocycles. The second kappa shape index (κ2) is 14.7. The summed E-state index contributed by atoms with van der Waals surface area (Å²) in [4.78, 5) is 40.2. The van der Waals surface area contributed by atoms with Crippen molar-refractivity contribution in [2.45, 2.75) is 6.42 Å². The number of hydrogen-bond donors (Lipinski definition) is 0. The molecule has 8 heteroatoms. The molecule has 8 nitrogen and oxygen atoms in total. The maximum Gasteiger partial charge on any atom is 0.387 e. The Morgan fingerprint density at radius 1 is 0.689 bits per heavy atom. The lowest BCUT2D eigenvalue weighted by atomic mass is 9.86. The van der Waals surface area contributed by atoms with Gasteiger partial charge in [-0.3, -0.25) is 0 Å². The SMILES string of the molecule is CN(C)CCOc1ccc(/C=C/C(=O)OOC(=O)C2=C(c3ccc(OCCN(C)C)cc3)Cc3cc2cc2cccc-2c3)cc1. The molecular weight excluding hydrogens is 568 g/mol. The van der Waals surface area contributed by atoms with Gasteiger partial charge in [0.05, 0.1) is 5.57 Å². The molecule has 3 aliphatic carbocycles. The van der Waals surface area contributed by atoms with E-state index in [1.165, 1.54) is 6.08 Å². The molecule has 2 aromatic rings. The quantitative estimate of drug-likeness (QED) is 0.113. The number of hydrogen-bond acceptors (Lipinski definition) is 8. The number of allylic oxidation sites excluding steroid dienone is 1. The molecule has 2 bridgehead atoms. The third kappa shape index (κ3) is 8.59. The molecule has 2 aromatic carbocycles. The van der Waals surface area contributed by atoms with E-state index in [2.05, 4.69) is 11.0 Å². The lowest BCUT2D eigenvalue weighted by Gasteiger charge is -2.19. The number of nitrogens with zero attached hydrogens (tertiary/aromatic N) is 2. The highest BCUT2D eigenvalue weighted by atomic mass is 17.2. The summed E-state index contributed by atoms with van der Waals surface area (Å²) >= 11 is 0. The summed E-state index contributed by atoms with van der Waals surface area (Å²) in [5, 5.41) is 0. The molecule has 0 spiro atoms. The molecule has 5 rings (SSSR count). The Balaban J connectivity index is 1.30. The summed E-state index contributed by atoms with van der Waals surface area (Å²) in [5.41, 5.74) is 6.61. The van der Waals surface area contributed by atoms with Crippen molar-refractivity contribution >= 4 is 29.2 Å². The van der Waals surface area contributed by atoms with E-state index < -0.39 is 11.9 Å². The van der Waals surface area contributed by atoms with Crippen LogP contribution in [0.2, 0.25) is 0 Å². The van der Waals surface area contributed by atoms with Gasteiger partial charge in [-0.1, -0.05) is 54.6 Å². The number of likely N-dealkylation sites (N-methyl/N-ethyl adjacent to an activating group) is 2. The van der Waals surface area contributed by atoms with Crippen LogP contribution in [0.1, 0.15) is 22.3 Å². The number of rotatable bonds is 12. The van der Waals surface area contributed by atoms with E-state index in [0.29, 0.717) is 30.8 Å². The number of ether oxygens (including phenoxy) is 2. The first-order chi connectivity index (χ1) is 21.7. The molecule has 45 heavy (non-hydrogen) atoms. The minimum absolute atomic E-state index is 0.351. The molecule has 0 saturated heterocycles. The summed E-state index contributed by atoms with van der Waals surface area (Å²) < 4.78 is 11.6. The molecule has 0 radical (unpaired) electrons. The van der Waals surface area contributed by atoms with Gasteiger partial charge in [-0.05, 0) is 110 Å². The van der Waals surface area contributed by atoms with E-state index in [0.717, 1.165) is 58.0 Å². The lowest BCUT2D eigenvalue weighted by Crippen LogP contribution is -2.19. The Labute approximate surface area is 264 Å². The van der Waals surface area contributed by atoms with Crippen molar-refractivity contribution in [3.05, 3.63) is 113 Å². The molecule has 0 atom stereocenters. The van der Waals surface area contributed by atoms with Crippen molar-refractivity contribution in [1.29, 1.82) is 0 Å². The van der Waals surface area contributed by atoms with Crippen LogP contribution in [0.4, 0.5) is 0 Å². The number of benzene rings is 2. The first kappa shape index (κ1) is 31.5. The fourth-order valence-corrected chi connectivity index (χ4v) is 4.99. The molecule has 0 unspecified atom stereocenters. The Morgan fingerprint density at radius 3 is 1.89 bits per heavy atom. The zero-order valence-corrected chi connectivity index (χ0v) is 26.1. The van der Waals surface area contributed by atoms with Crippen LogP contribution < -0.4 is 9.47 Å². The standard InChI is InChI=1S/C37H38N2O6/c1-38(2)18-20-42-32-13-8-26(9-14-32)10-17-35(40)44-45-37(41)36-31-23-27(22-29-6-5-7-30(29)25-31)24-34(36)28-11-15-33(16-12-28)43-21-19-39(3)4/h5-17,22-23,25H,18-21,24H2,1-4H3/b17-10+. The van der Waals surface area contributed by atoms with Crippen molar-refractivity contribution in [2.24, 2.45) is 0 Å². The smallest absolute Gasteiger partial charge is 0.387 e. The van der Waals surface area contributed by atoms with E-state index in [9.17, 15) is 9.59 Å². The van der Waals surface area contributed by atoms with Gasteiger partial charge in [-0.2, -0.15) is 0 Å². The van der Waals surface area contributed by atoms with Crippen LogP contribution in [0.15, 0.2) is 91.0 Å². The number of carbonyl (C=O) groups excluding carboxylic acids is 2. The first-order valence-electron chi connectivity index (χ1n) is 14.9. The van der Waals surface area contributed by atoms with Crippen molar-refractivity contribution in [2.75, 3.05) is 54.5 Å². The van der Waals surface area contributed by atoms with Gasteiger partial charge in [0.2, 0.25) is 0 Å². The molecule has 0 heterocycles. The third-order valence-corrected chi connectivity index (χ3v) is 7.36. The molecule has 3 aliphatic rings. The predicted octanol–water partition coefficient (Wildman–Crippen LogP) is 5.85. The maximum absolute atomic E-state index is 13.6. The van der Waals surface area contributed by atoms with Crippen LogP contribution in [0.3, 0.4) is 0 Å². The van der Waals surface area contributed by atoms with Crippen LogP contribution in [0, 0.1) is 0 Å². The molecule has 0 fully saturated rings. The van der Waals surface area contributed by atoms with Crippen LogP contribution >= 0.6 is 0 Å². The van der Waals surface area contributed by atoms with E-state index in [4.69, 9.17) is 19.2 Å². The fourth-order valence-electron chi connectivity index (χ4n) is 4.99. The van der Waals surface area contributed by atoms with Gasteiger partial charge in [0.15, 0.2) is 0 Å². The highest BCUT2D eigenvalue weighted by molar-refractivity contribution is 6.25.